The number of ether oxygens (including phenoxy) is 1. The molecule has 4 N–H and O–H groups in total. The van der Waals surface area contributed by atoms with Crippen LogP contribution in [0.4, 0.5) is 0 Å². The third-order valence-electron chi connectivity index (χ3n) is 1.31. The zero-order valence-electron chi connectivity index (χ0n) is 7.68. The van der Waals surface area contributed by atoms with Gasteiger partial charge in [-0.2, -0.15) is 0 Å². The van der Waals surface area contributed by atoms with Crippen LogP contribution in [-0.4, -0.2) is 53.6 Å². The van der Waals surface area contributed by atoms with Crippen LogP contribution in [-0.2, 0) is 14.3 Å². The van der Waals surface area contributed by atoms with Gasteiger partial charge in [0.25, 0.3) is 9.04 Å². The van der Waals surface area contributed by atoms with Gasteiger partial charge in [0.05, 0.1) is 0 Å². The number of alkyl halides is 4. The van der Waals surface area contributed by atoms with E-state index in [-0.39, 0.29) is 0 Å². The fraction of sp³-hybridized carbons (Fsp3) is 0.667. The van der Waals surface area contributed by atoms with Crippen LogP contribution in [0.2, 0.25) is 0 Å². The SMILES string of the molecule is O=C(OC(=O)C(O)C(O)(Cl)Cl)C(O)C(O)(Cl)Cl. The molecule has 100 valence electrons. The number of aliphatic hydroxyl groups is 4. The summed E-state index contributed by atoms with van der Waals surface area (Å²) in [4.78, 5) is 21.9. The van der Waals surface area contributed by atoms with Crippen LogP contribution in [0.25, 0.3) is 0 Å². The molecule has 0 aromatic rings. The third-order valence-corrected chi connectivity index (χ3v) is 2.13. The molecule has 0 aliphatic heterocycles. The van der Waals surface area contributed by atoms with E-state index in [2.05, 4.69) is 4.74 Å². The molecule has 2 unspecified atom stereocenters. The molecule has 0 aromatic heterocycles. The van der Waals surface area contributed by atoms with E-state index in [4.69, 9.17) is 66.8 Å². The highest BCUT2D eigenvalue weighted by molar-refractivity contribution is 6.49. The van der Waals surface area contributed by atoms with E-state index in [1.54, 1.807) is 0 Å². The summed E-state index contributed by atoms with van der Waals surface area (Å²) in [6.45, 7) is 0. The Morgan fingerprint density at radius 2 is 1.12 bits per heavy atom. The Morgan fingerprint density at radius 3 is 1.29 bits per heavy atom. The molecular formula is C6H6Cl4O7. The normalized spacial score (nSPS) is 16.2. The first kappa shape index (κ1) is 17.1. The van der Waals surface area contributed by atoms with Gasteiger partial charge < -0.3 is 25.2 Å². The summed E-state index contributed by atoms with van der Waals surface area (Å²) in [6, 6.07) is 0. The summed E-state index contributed by atoms with van der Waals surface area (Å²) in [5.41, 5.74) is 0. The molecule has 0 aliphatic carbocycles. The average molecular weight is 332 g/mol. The Morgan fingerprint density at radius 1 is 0.882 bits per heavy atom. The minimum atomic E-state index is -2.90. The number of carbonyl (C=O) groups excluding carboxylic acids is 2. The van der Waals surface area contributed by atoms with Gasteiger partial charge in [-0.1, -0.05) is 46.4 Å². The molecule has 0 saturated heterocycles. The monoisotopic (exact) mass is 330 g/mol. The van der Waals surface area contributed by atoms with Crippen molar-refractivity contribution in [1.29, 1.82) is 0 Å². The molecule has 0 aliphatic rings. The predicted molar refractivity (Wildman–Crippen MR) is 56.4 cm³/mol. The zero-order chi connectivity index (χ0) is 14.0. The first-order valence-corrected chi connectivity index (χ1v) is 5.20. The molecule has 0 radical (unpaired) electrons. The predicted octanol–water partition coefficient (Wildman–Crippen LogP) is -0.975. The lowest BCUT2D eigenvalue weighted by Gasteiger charge is -2.20. The first-order valence-electron chi connectivity index (χ1n) is 3.69. The van der Waals surface area contributed by atoms with Gasteiger partial charge in [0.1, 0.15) is 0 Å². The van der Waals surface area contributed by atoms with Crippen molar-refractivity contribution in [3.05, 3.63) is 0 Å². The molecule has 0 fully saturated rings. The van der Waals surface area contributed by atoms with E-state index in [1.807, 2.05) is 0 Å². The second-order valence-electron chi connectivity index (χ2n) is 2.72. The van der Waals surface area contributed by atoms with Crippen LogP contribution in [0.1, 0.15) is 0 Å². The molecular weight excluding hydrogens is 326 g/mol. The molecule has 0 saturated carbocycles. The van der Waals surface area contributed by atoms with E-state index in [0.717, 1.165) is 0 Å². The number of carbonyl (C=O) groups is 2. The molecule has 0 bridgehead atoms. The van der Waals surface area contributed by atoms with Crippen LogP contribution in [0.15, 0.2) is 0 Å². The van der Waals surface area contributed by atoms with Crippen molar-refractivity contribution in [1.82, 2.24) is 0 Å². The van der Waals surface area contributed by atoms with Crippen molar-refractivity contribution < 1.29 is 34.8 Å². The Bertz CT molecular complexity index is 276. The summed E-state index contributed by atoms with van der Waals surface area (Å²) in [5, 5.41) is 35.4. The van der Waals surface area contributed by atoms with Crippen LogP contribution in [0, 0.1) is 0 Å². The Kier molecular flexibility index (Phi) is 5.90. The zero-order valence-corrected chi connectivity index (χ0v) is 10.7. The second-order valence-corrected chi connectivity index (χ2v) is 5.41. The van der Waals surface area contributed by atoms with Gasteiger partial charge in [-0.25, -0.2) is 9.59 Å². The smallest absolute Gasteiger partial charge is 0.348 e. The quantitative estimate of drug-likeness (QED) is 0.296. The van der Waals surface area contributed by atoms with Gasteiger partial charge in [0, 0.05) is 0 Å². The first-order chi connectivity index (χ1) is 7.37. The minimum absolute atomic E-state index is 1.78. The summed E-state index contributed by atoms with van der Waals surface area (Å²) in [5.74, 6) is -3.56. The maximum atomic E-state index is 10.9. The van der Waals surface area contributed by atoms with Crippen molar-refractivity contribution in [3.63, 3.8) is 0 Å². The van der Waals surface area contributed by atoms with E-state index >= 15 is 0 Å². The maximum Gasteiger partial charge on any atom is 0.348 e. The topological polar surface area (TPSA) is 124 Å². The van der Waals surface area contributed by atoms with E-state index in [1.165, 1.54) is 0 Å². The number of aliphatic hydroxyl groups excluding tert-OH is 2. The Balaban J connectivity index is 4.57. The Hall–Kier alpha value is 0.140. The van der Waals surface area contributed by atoms with Gasteiger partial charge in [0.15, 0.2) is 0 Å². The van der Waals surface area contributed by atoms with E-state index in [0.29, 0.717) is 0 Å². The molecule has 0 rings (SSSR count). The van der Waals surface area contributed by atoms with Crippen molar-refractivity contribution in [2.24, 2.45) is 0 Å². The number of rotatable bonds is 4. The molecule has 11 heteroatoms. The van der Waals surface area contributed by atoms with Crippen molar-refractivity contribution in [3.8, 4) is 0 Å². The van der Waals surface area contributed by atoms with Gasteiger partial charge >= 0.3 is 11.9 Å². The molecule has 0 spiro atoms. The molecule has 17 heavy (non-hydrogen) atoms. The van der Waals surface area contributed by atoms with E-state index in [9.17, 15) is 9.59 Å². The minimum Gasteiger partial charge on any atom is -0.389 e. The number of esters is 2. The number of halogens is 4. The highest BCUT2D eigenvalue weighted by atomic mass is 35.5. The van der Waals surface area contributed by atoms with Crippen LogP contribution < -0.4 is 0 Å². The van der Waals surface area contributed by atoms with E-state index < -0.39 is 33.2 Å². The lowest BCUT2D eigenvalue weighted by atomic mass is 10.3. The van der Waals surface area contributed by atoms with Crippen LogP contribution in [0.5, 0.6) is 0 Å². The fourth-order valence-corrected chi connectivity index (χ4v) is 0.851. The standard InChI is InChI=1S/C6H6Cl4O7/c7-5(8,15)1(11)3(13)17-4(14)2(12)6(9,10)16/h1-2,11-12,15-16H. The highest BCUT2D eigenvalue weighted by Crippen LogP contribution is 2.24. The van der Waals surface area contributed by atoms with Crippen LogP contribution >= 0.6 is 46.4 Å². The molecule has 0 amide bonds. The average Bonchev–Trinajstić information content (AvgIpc) is 2.12. The maximum absolute atomic E-state index is 10.9. The highest BCUT2D eigenvalue weighted by Gasteiger charge is 2.43. The molecule has 2 atom stereocenters. The molecule has 7 nitrogen and oxygen atoms in total. The summed E-state index contributed by atoms with van der Waals surface area (Å²) < 4.78 is -2.01. The molecule has 0 heterocycles. The van der Waals surface area contributed by atoms with Gasteiger partial charge in [-0.3, -0.25) is 0 Å². The largest absolute Gasteiger partial charge is 0.389 e. The number of hydrogen-bond donors (Lipinski definition) is 4. The third kappa shape index (κ3) is 5.54. The molecule has 0 aromatic carbocycles. The summed E-state index contributed by atoms with van der Waals surface area (Å²) in [6.07, 6.45) is -4.97. The van der Waals surface area contributed by atoms with Gasteiger partial charge in [0.2, 0.25) is 12.2 Å². The second kappa shape index (κ2) is 5.85. The summed E-state index contributed by atoms with van der Waals surface area (Å²) in [7, 11) is 0. The Labute approximate surface area is 114 Å². The van der Waals surface area contributed by atoms with Crippen molar-refractivity contribution in [2.45, 2.75) is 21.2 Å². The summed E-state index contributed by atoms with van der Waals surface area (Å²) >= 11 is 19.7. The van der Waals surface area contributed by atoms with Crippen LogP contribution in [0.3, 0.4) is 0 Å². The number of hydrogen-bond acceptors (Lipinski definition) is 7. The lowest BCUT2D eigenvalue weighted by molar-refractivity contribution is -0.176. The van der Waals surface area contributed by atoms with Gasteiger partial charge in [-0.15, -0.1) is 0 Å². The van der Waals surface area contributed by atoms with Crippen molar-refractivity contribution >= 4 is 58.3 Å². The van der Waals surface area contributed by atoms with Gasteiger partial charge in [-0.05, 0) is 0 Å². The van der Waals surface area contributed by atoms with Crippen molar-refractivity contribution in [2.75, 3.05) is 0 Å². The fourth-order valence-electron chi connectivity index (χ4n) is 0.494. The lowest BCUT2D eigenvalue weighted by Crippen LogP contribution is -2.45.